The Morgan fingerprint density at radius 1 is 1.43 bits per heavy atom. The van der Waals surface area contributed by atoms with Crippen LogP contribution in [0.3, 0.4) is 0 Å². The molecule has 0 saturated heterocycles. The Morgan fingerprint density at radius 2 is 2.14 bits per heavy atom. The van der Waals surface area contributed by atoms with Gasteiger partial charge in [0.1, 0.15) is 5.75 Å². The smallest absolute Gasteiger partial charge is 0.260 e. The Hall–Kier alpha value is -1.26. The molecule has 1 aromatic rings. The number of nitrogens with one attached hydrogen (secondary N) is 1. The standard InChI is InChI=1S/C16H25ClN2O2/c1-5-9-18-10-13-14(17)7-6-8-15(13)21-11-16(20)19(4)12(2)3/h6-8,12,18H,5,9-11H2,1-4H3. The lowest BCUT2D eigenvalue weighted by Gasteiger charge is -2.22. The number of halogens is 1. The number of amides is 1. The van der Waals surface area contributed by atoms with Crippen LogP contribution in [0.25, 0.3) is 0 Å². The maximum atomic E-state index is 12.0. The molecule has 1 rings (SSSR count). The Kier molecular flexibility index (Phi) is 7.54. The second-order valence-corrected chi connectivity index (χ2v) is 5.69. The van der Waals surface area contributed by atoms with Gasteiger partial charge in [-0.1, -0.05) is 24.6 Å². The number of hydrogen-bond donors (Lipinski definition) is 1. The fourth-order valence-corrected chi connectivity index (χ4v) is 2.00. The van der Waals surface area contributed by atoms with Gasteiger partial charge in [-0.3, -0.25) is 4.79 Å². The summed E-state index contributed by atoms with van der Waals surface area (Å²) in [5, 5.41) is 3.95. The molecule has 4 nitrogen and oxygen atoms in total. The Balaban J connectivity index is 2.70. The van der Waals surface area contributed by atoms with Gasteiger partial charge in [0.2, 0.25) is 0 Å². The average Bonchev–Trinajstić information content (AvgIpc) is 2.46. The van der Waals surface area contributed by atoms with E-state index in [1.54, 1.807) is 11.9 Å². The first-order valence-electron chi connectivity index (χ1n) is 7.33. The topological polar surface area (TPSA) is 41.6 Å². The summed E-state index contributed by atoms with van der Waals surface area (Å²) in [5.41, 5.74) is 0.896. The highest BCUT2D eigenvalue weighted by Gasteiger charge is 2.14. The maximum Gasteiger partial charge on any atom is 0.260 e. The molecule has 0 atom stereocenters. The molecule has 21 heavy (non-hydrogen) atoms. The summed E-state index contributed by atoms with van der Waals surface area (Å²) in [6.45, 7) is 7.62. The first kappa shape index (κ1) is 17.8. The van der Waals surface area contributed by atoms with E-state index in [9.17, 15) is 4.79 Å². The third-order valence-electron chi connectivity index (χ3n) is 3.32. The van der Waals surface area contributed by atoms with E-state index in [0.29, 0.717) is 17.3 Å². The molecule has 0 fully saturated rings. The van der Waals surface area contributed by atoms with E-state index in [-0.39, 0.29) is 18.6 Å². The van der Waals surface area contributed by atoms with Gasteiger partial charge in [0.25, 0.3) is 5.91 Å². The predicted octanol–water partition coefficient (Wildman–Crippen LogP) is 3.09. The van der Waals surface area contributed by atoms with E-state index in [1.165, 1.54) is 0 Å². The van der Waals surface area contributed by atoms with Gasteiger partial charge in [-0.15, -0.1) is 0 Å². The first-order chi connectivity index (χ1) is 9.97. The Bertz CT molecular complexity index is 464. The number of carbonyl (C=O) groups is 1. The van der Waals surface area contributed by atoms with Crippen LogP contribution in [0.1, 0.15) is 32.8 Å². The van der Waals surface area contributed by atoms with Crippen molar-refractivity contribution in [3.63, 3.8) is 0 Å². The minimum absolute atomic E-state index is 0.0236. The zero-order valence-corrected chi connectivity index (χ0v) is 14.0. The molecule has 1 aromatic carbocycles. The molecule has 0 heterocycles. The lowest BCUT2D eigenvalue weighted by molar-refractivity contribution is -0.133. The average molecular weight is 313 g/mol. The van der Waals surface area contributed by atoms with Crippen molar-refractivity contribution in [3.05, 3.63) is 28.8 Å². The fraction of sp³-hybridized carbons (Fsp3) is 0.562. The lowest BCUT2D eigenvalue weighted by Crippen LogP contribution is -2.36. The summed E-state index contributed by atoms with van der Waals surface area (Å²) in [4.78, 5) is 13.6. The van der Waals surface area contributed by atoms with Crippen LogP contribution in [0.4, 0.5) is 0 Å². The fourth-order valence-electron chi connectivity index (χ4n) is 1.77. The highest BCUT2D eigenvalue weighted by atomic mass is 35.5. The molecule has 0 spiro atoms. The van der Waals surface area contributed by atoms with E-state index in [4.69, 9.17) is 16.3 Å². The third kappa shape index (κ3) is 5.56. The molecule has 1 N–H and O–H groups in total. The summed E-state index contributed by atoms with van der Waals surface area (Å²) in [7, 11) is 1.78. The summed E-state index contributed by atoms with van der Waals surface area (Å²) in [6, 6.07) is 5.67. The van der Waals surface area contributed by atoms with Gasteiger partial charge >= 0.3 is 0 Å². The van der Waals surface area contributed by atoms with Gasteiger partial charge in [0.15, 0.2) is 6.61 Å². The highest BCUT2D eigenvalue weighted by Crippen LogP contribution is 2.26. The summed E-state index contributed by atoms with van der Waals surface area (Å²) < 4.78 is 5.67. The SMILES string of the molecule is CCCNCc1c(Cl)cccc1OCC(=O)N(C)C(C)C. The first-order valence-corrected chi connectivity index (χ1v) is 7.71. The quantitative estimate of drug-likeness (QED) is 0.750. The van der Waals surface area contributed by atoms with Crippen molar-refractivity contribution >= 4 is 17.5 Å². The number of hydrogen-bond acceptors (Lipinski definition) is 3. The van der Waals surface area contributed by atoms with Crippen molar-refractivity contribution in [3.8, 4) is 5.75 Å². The highest BCUT2D eigenvalue weighted by molar-refractivity contribution is 6.31. The molecule has 118 valence electrons. The van der Waals surface area contributed by atoms with E-state index < -0.39 is 0 Å². The van der Waals surface area contributed by atoms with Crippen molar-refractivity contribution in [2.45, 2.75) is 39.8 Å². The number of carbonyl (C=O) groups excluding carboxylic acids is 1. The van der Waals surface area contributed by atoms with Crippen LogP contribution in [-0.2, 0) is 11.3 Å². The Labute approximate surface area is 132 Å². The second kappa shape index (κ2) is 8.90. The van der Waals surface area contributed by atoms with Crippen LogP contribution in [0, 0.1) is 0 Å². The monoisotopic (exact) mass is 312 g/mol. The molecular formula is C16H25ClN2O2. The zero-order chi connectivity index (χ0) is 15.8. The zero-order valence-electron chi connectivity index (χ0n) is 13.3. The van der Waals surface area contributed by atoms with Crippen molar-refractivity contribution in [2.24, 2.45) is 0 Å². The van der Waals surface area contributed by atoms with Crippen LogP contribution < -0.4 is 10.1 Å². The van der Waals surface area contributed by atoms with E-state index in [2.05, 4.69) is 12.2 Å². The molecule has 0 radical (unpaired) electrons. The van der Waals surface area contributed by atoms with Gasteiger partial charge in [-0.2, -0.15) is 0 Å². The molecular weight excluding hydrogens is 288 g/mol. The van der Waals surface area contributed by atoms with Crippen molar-refractivity contribution in [2.75, 3.05) is 20.2 Å². The van der Waals surface area contributed by atoms with Gasteiger partial charge < -0.3 is 15.0 Å². The normalized spacial score (nSPS) is 10.8. The van der Waals surface area contributed by atoms with Crippen LogP contribution in [-0.4, -0.2) is 37.0 Å². The molecule has 5 heteroatoms. The predicted molar refractivity (Wildman–Crippen MR) is 86.9 cm³/mol. The van der Waals surface area contributed by atoms with Crippen molar-refractivity contribution < 1.29 is 9.53 Å². The summed E-state index contributed by atoms with van der Waals surface area (Å²) in [6.07, 6.45) is 1.05. The van der Waals surface area contributed by atoms with Gasteiger partial charge in [0, 0.05) is 30.2 Å². The van der Waals surface area contributed by atoms with Crippen LogP contribution >= 0.6 is 11.6 Å². The van der Waals surface area contributed by atoms with Crippen molar-refractivity contribution in [1.82, 2.24) is 10.2 Å². The van der Waals surface area contributed by atoms with Crippen LogP contribution in [0.15, 0.2) is 18.2 Å². The lowest BCUT2D eigenvalue weighted by atomic mass is 10.2. The molecule has 0 aliphatic heterocycles. The molecule has 0 bridgehead atoms. The third-order valence-corrected chi connectivity index (χ3v) is 3.68. The van der Waals surface area contributed by atoms with Gasteiger partial charge in [-0.05, 0) is 38.9 Å². The van der Waals surface area contributed by atoms with Crippen molar-refractivity contribution in [1.29, 1.82) is 0 Å². The maximum absolute atomic E-state index is 12.0. The van der Waals surface area contributed by atoms with E-state index in [0.717, 1.165) is 18.5 Å². The Morgan fingerprint density at radius 3 is 2.76 bits per heavy atom. The molecule has 0 aliphatic carbocycles. The van der Waals surface area contributed by atoms with Crippen LogP contribution in [0.5, 0.6) is 5.75 Å². The molecule has 0 saturated carbocycles. The minimum atomic E-state index is -0.0440. The van der Waals surface area contributed by atoms with Gasteiger partial charge in [0.05, 0.1) is 0 Å². The number of rotatable bonds is 8. The number of likely N-dealkylation sites (N-methyl/N-ethyl adjacent to an activating group) is 1. The molecule has 0 unspecified atom stereocenters. The number of nitrogens with zero attached hydrogens (tertiary/aromatic N) is 1. The molecule has 1 amide bonds. The summed E-state index contributed by atoms with van der Waals surface area (Å²) in [5.74, 6) is 0.619. The summed E-state index contributed by atoms with van der Waals surface area (Å²) >= 11 is 6.22. The number of ether oxygens (including phenoxy) is 1. The second-order valence-electron chi connectivity index (χ2n) is 5.28. The van der Waals surface area contributed by atoms with Crippen LogP contribution in [0.2, 0.25) is 5.02 Å². The van der Waals surface area contributed by atoms with Gasteiger partial charge in [-0.25, -0.2) is 0 Å². The number of benzene rings is 1. The minimum Gasteiger partial charge on any atom is -0.483 e. The largest absolute Gasteiger partial charge is 0.483 e. The molecule has 0 aliphatic rings. The van der Waals surface area contributed by atoms with E-state index >= 15 is 0 Å². The van der Waals surface area contributed by atoms with E-state index in [1.807, 2.05) is 32.0 Å². The molecule has 0 aromatic heterocycles.